The Morgan fingerprint density at radius 2 is 1.95 bits per heavy atom. The number of ether oxygens (including phenoxy) is 1. The van der Waals surface area contributed by atoms with Gasteiger partial charge in [0.05, 0.1) is 0 Å². The van der Waals surface area contributed by atoms with Gasteiger partial charge in [0.15, 0.2) is 0 Å². The Labute approximate surface area is 117 Å². The van der Waals surface area contributed by atoms with Crippen LogP contribution in [0, 0.1) is 18.8 Å². The molecule has 0 aliphatic rings. The van der Waals surface area contributed by atoms with E-state index in [4.69, 9.17) is 9.84 Å². The molecule has 0 aliphatic heterocycles. The molecule has 0 aliphatic carbocycles. The minimum absolute atomic E-state index is 0.151. The first kappa shape index (κ1) is 13.7. The second-order valence-corrected chi connectivity index (χ2v) is 4.26. The van der Waals surface area contributed by atoms with Gasteiger partial charge in [-0.05, 0) is 31.2 Å². The van der Waals surface area contributed by atoms with Crippen LogP contribution < -0.4 is 4.74 Å². The van der Waals surface area contributed by atoms with E-state index in [9.17, 15) is 4.79 Å². The number of rotatable bonds is 3. The quantitative estimate of drug-likeness (QED) is 0.868. The van der Waals surface area contributed by atoms with Crippen molar-refractivity contribution in [1.29, 1.82) is 0 Å². The lowest BCUT2D eigenvalue weighted by atomic mass is 10.1. The molecule has 2 aromatic rings. The Morgan fingerprint density at radius 3 is 2.65 bits per heavy atom. The van der Waals surface area contributed by atoms with E-state index >= 15 is 0 Å². The Morgan fingerprint density at radius 1 is 1.20 bits per heavy atom. The van der Waals surface area contributed by atoms with Gasteiger partial charge < -0.3 is 9.84 Å². The molecule has 0 bridgehead atoms. The molecule has 2 rings (SSSR count). The third kappa shape index (κ3) is 3.63. The highest BCUT2D eigenvalue weighted by molar-refractivity contribution is 5.91. The van der Waals surface area contributed by atoms with E-state index in [1.807, 2.05) is 43.3 Å². The van der Waals surface area contributed by atoms with Crippen LogP contribution in [-0.4, -0.2) is 17.7 Å². The van der Waals surface area contributed by atoms with Crippen molar-refractivity contribution in [3.05, 3.63) is 65.2 Å². The first-order valence-electron chi connectivity index (χ1n) is 6.17. The molecule has 0 aromatic heterocycles. The molecule has 0 unspecified atom stereocenters. The van der Waals surface area contributed by atoms with E-state index < -0.39 is 5.97 Å². The van der Waals surface area contributed by atoms with Crippen molar-refractivity contribution in [2.75, 3.05) is 6.61 Å². The monoisotopic (exact) mass is 266 g/mol. The van der Waals surface area contributed by atoms with Gasteiger partial charge >= 0.3 is 5.97 Å². The summed E-state index contributed by atoms with van der Waals surface area (Å²) in [5.41, 5.74) is 1.94. The first-order valence-corrected chi connectivity index (χ1v) is 6.17. The van der Waals surface area contributed by atoms with Crippen LogP contribution in [0.3, 0.4) is 0 Å². The zero-order chi connectivity index (χ0) is 14.4. The second kappa shape index (κ2) is 6.44. The minimum Gasteiger partial charge on any atom is -0.480 e. The van der Waals surface area contributed by atoms with Crippen molar-refractivity contribution in [1.82, 2.24) is 0 Å². The summed E-state index contributed by atoms with van der Waals surface area (Å²) in [7, 11) is 0. The van der Waals surface area contributed by atoms with Crippen LogP contribution in [0.2, 0.25) is 0 Å². The van der Waals surface area contributed by atoms with E-state index in [1.54, 1.807) is 12.1 Å². The van der Waals surface area contributed by atoms with Crippen molar-refractivity contribution in [3.8, 4) is 17.6 Å². The molecule has 0 amide bonds. The molecule has 3 heteroatoms. The SMILES string of the molecule is Cc1ccc(OCC#Cc2ccccc2)c(C(=O)O)c1. The maximum atomic E-state index is 11.1. The molecule has 0 radical (unpaired) electrons. The number of hydrogen-bond acceptors (Lipinski definition) is 2. The van der Waals surface area contributed by atoms with Gasteiger partial charge in [0.25, 0.3) is 0 Å². The van der Waals surface area contributed by atoms with Crippen LogP contribution >= 0.6 is 0 Å². The largest absolute Gasteiger partial charge is 0.480 e. The van der Waals surface area contributed by atoms with Gasteiger partial charge in [0, 0.05) is 5.56 Å². The van der Waals surface area contributed by atoms with Crippen molar-refractivity contribution < 1.29 is 14.6 Å². The summed E-state index contributed by atoms with van der Waals surface area (Å²) in [6, 6.07) is 14.6. The van der Waals surface area contributed by atoms with Crippen LogP contribution in [0.15, 0.2) is 48.5 Å². The molecule has 0 saturated carbocycles. The molecule has 0 heterocycles. The fourth-order valence-electron chi connectivity index (χ4n) is 1.71. The standard InChI is InChI=1S/C17H14O3/c1-13-9-10-16(15(12-13)17(18)19)20-11-5-8-14-6-3-2-4-7-14/h2-4,6-7,9-10,12H,11H2,1H3,(H,18,19). The van der Waals surface area contributed by atoms with E-state index in [-0.39, 0.29) is 12.2 Å². The first-order chi connectivity index (χ1) is 9.66. The molecule has 1 N–H and O–H groups in total. The zero-order valence-corrected chi connectivity index (χ0v) is 11.1. The van der Waals surface area contributed by atoms with E-state index in [2.05, 4.69) is 11.8 Å². The normalized spacial score (nSPS) is 9.45. The van der Waals surface area contributed by atoms with Crippen LogP contribution in [0.25, 0.3) is 0 Å². The highest BCUT2D eigenvalue weighted by Gasteiger charge is 2.10. The average molecular weight is 266 g/mol. The Kier molecular flexibility index (Phi) is 4.41. The predicted octanol–water partition coefficient (Wildman–Crippen LogP) is 3.12. The third-order valence-corrected chi connectivity index (χ3v) is 2.67. The highest BCUT2D eigenvalue weighted by atomic mass is 16.5. The lowest BCUT2D eigenvalue weighted by molar-refractivity contribution is 0.0692. The molecule has 2 aromatic carbocycles. The number of carbonyl (C=O) groups is 1. The molecule has 3 nitrogen and oxygen atoms in total. The van der Waals surface area contributed by atoms with Gasteiger partial charge in [-0.1, -0.05) is 41.7 Å². The van der Waals surface area contributed by atoms with Gasteiger partial charge in [0.1, 0.15) is 17.9 Å². The molecule has 0 fully saturated rings. The van der Waals surface area contributed by atoms with Crippen molar-refractivity contribution in [3.63, 3.8) is 0 Å². The van der Waals surface area contributed by atoms with Gasteiger partial charge in [0.2, 0.25) is 0 Å². The summed E-state index contributed by atoms with van der Waals surface area (Å²) in [6.45, 7) is 1.99. The average Bonchev–Trinajstić information content (AvgIpc) is 2.45. The fraction of sp³-hybridized carbons (Fsp3) is 0.118. The second-order valence-electron chi connectivity index (χ2n) is 4.26. The summed E-state index contributed by atoms with van der Waals surface area (Å²) in [5, 5.41) is 9.11. The van der Waals surface area contributed by atoms with E-state index in [1.165, 1.54) is 0 Å². The van der Waals surface area contributed by atoms with Crippen LogP contribution in [0.5, 0.6) is 5.75 Å². The highest BCUT2D eigenvalue weighted by Crippen LogP contribution is 2.19. The smallest absolute Gasteiger partial charge is 0.339 e. The van der Waals surface area contributed by atoms with Gasteiger partial charge in [-0.25, -0.2) is 4.79 Å². The third-order valence-electron chi connectivity index (χ3n) is 2.67. The number of hydrogen-bond donors (Lipinski definition) is 1. The summed E-state index contributed by atoms with van der Waals surface area (Å²) in [6.07, 6.45) is 0. The summed E-state index contributed by atoms with van der Waals surface area (Å²) in [5.74, 6) is 5.16. The number of carboxylic acids is 1. The van der Waals surface area contributed by atoms with E-state index in [0.717, 1.165) is 11.1 Å². The maximum absolute atomic E-state index is 11.1. The van der Waals surface area contributed by atoms with Crippen LogP contribution in [-0.2, 0) is 0 Å². The Bertz CT molecular complexity index is 664. The molecular weight excluding hydrogens is 252 g/mol. The van der Waals surface area contributed by atoms with Gasteiger partial charge in [-0.15, -0.1) is 0 Å². The number of benzene rings is 2. The molecule has 0 atom stereocenters. The lowest BCUT2D eigenvalue weighted by Gasteiger charge is -2.06. The predicted molar refractivity (Wildman–Crippen MR) is 77.0 cm³/mol. The summed E-state index contributed by atoms with van der Waals surface area (Å²) >= 11 is 0. The minimum atomic E-state index is -1.00. The Hall–Kier alpha value is -2.73. The summed E-state index contributed by atoms with van der Waals surface area (Å²) < 4.78 is 5.42. The van der Waals surface area contributed by atoms with Crippen molar-refractivity contribution in [2.24, 2.45) is 0 Å². The molecule has 20 heavy (non-hydrogen) atoms. The topological polar surface area (TPSA) is 46.5 Å². The van der Waals surface area contributed by atoms with Crippen molar-refractivity contribution in [2.45, 2.75) is 6.92 Å². The summed E-state index contributed by atoms with van der Waals surface area (Å²) in [4.78, 5) is 11.1. The number of aromatic carboxylic acids is 1. The lowest BCUT2D eigenvalue weighted by Crippen LogP contribution is -2.03. The zero-order valence-electron chi connectivity index (χ0n) is 11.1. The van der Waals surface area contributed by atoms with Crippen molar-refractivity contribution >= 4 is 5.97 Å². The maximum Gasteiger partial charge on any atom is 0.339 e. The molecule has 100 valence electrons. The van der Waals surface area contributed by atoms with E-state index in [0.29, 0.717) is 5.75 Å². The molecule has 0 saturated heterocycles. The molecule has 0 spiro atoms. The fourth-order valence-corrected chi connectivity index (χ4v) is 1.71. The Balaban J connectivity index is 2.05. The number of carboxylic acid groups (broad SMARTS) is 1. The van der Waals surface area contributed by atoms with Gasteiger partial charge in [-0.3, -0.25) is 0 Å². The molecular formula is C17H14O3. The van der Waals surface area contributed by atoms with Crippen LogP contribution in [0.4, 0.5) is 0 Å². The van der Waals surface area contributed by atoms with Crippen LogP contribution in [0.1, 0.15) is 21.5 Å². The number of aryl methyl sites for hydroxylation is 1. The van der Waals surface area contributed by atoms with Gasteiger partial charge in [-0.2, -0.15) is 0 Å².